The molecule has 154 valence electrons. The predicted octanol–water partition coefficient (Wildman–Crippen LogP) is 5.70. The van der Waals surface area contributed by atoms with Gasteiger partial charge >= 0.3 is 5.97 Å². The molecule has 0 fully saturated rings. The molecule has 0 unspecified atom stereocenters. The molecule has 1 heterocycles. The molecule has 30 heavy (non-hydrogen) atoms. The quantitative estimate of drug-likeness (QED) is 0.373. The SMILES string of the molecule is [C-]#[N+]c1c(-c2ccc(OCc3ccccc3F)cc2)c(C(=O)OCC)n(C)c1CC. The lowest BCUT2D eigenvalue weighted by atomic mass is 10.0. The van der Waals surface area contributed by atoms with Crippen LogP contribution in [0.1, 0.15) is 35.6 Å². The van der Waals surface area contributed by atoms with Crippen molar-refractivity contribution in [2.24, 2.45) is 7.05 Å². The zero-order valence-electron chi connectivity index (χ0n) is 17.2. The van der Waals surface area contributed by atoms with Crippen LogP contribution in [0.5, 0.6) is 5.75 Å². The van der Waals surface area contributed by atoms with Gasteiger partial charge in [0.15, 0.2) is 0 Å². The number of rotatable bonds is 7. The number of nitrogens with zero attached hydrogens (tertiary/aromatic N) is 2. The summed E-state index contributed by atoms with van der Waals surface area (Å²) in [7, 11) is 1.77. The van der Waals surface area contributed by atoms with Gasteiger partial charge in [-0.15, -0.1) is 0 Å². The number of halogens is 1. The van der Waals surface area contributed by atoms with Crippen molar-refractivity contribution in [2.45, 2.75) is 26.9 Å². The molecule has 0 amide bonds. The minimum atomic E-state index is -0.459. The third kappa shape index (κ3) is 4.06. The summed E-state index contributed by atoms with van der Waals surface area (Å²) in [6, 6.07) is 13.5. The van der Waals surface area contributed by atoms with Gasteiger partial charge in [0.05, 0.1) is 13.2 Å². The summed E-state index contributed by atoms with van der Waals surface area (Å²) < 4.78 is 26.4. The first-order chi connectivity index (χ1) is 14.5. The Hall–Kier alpha value is -3.59. The van der Waals surface area contributed by atoms with Gasteiger partial charge in [0, 0.05) is 23.9 Å². The van der Waals surface area contributed by atoms with Crippen LogP contribution in [-0.2, 0) is 24.8 Å². The van der Waals surface area contributed by atoms with Gasteiger partial charge in [-0.3, -0.25) is 0 Å². The Morgan fingerprint density at radius 1 is 1.13 bits per heavy atom. The van der Waals surface area contributed by atoms with Crippen molar-refractivity contribution >= 4 is 11.7 Å². The summed E-state index contributed by atoms with van der Waals surface area (Å²) in [6.07, 6.45) is 0.616. The van der Waals surface area contributed by atoms with E-state index in [9.17, 15) is 9.18 Å². The highest BCUT2D eigenvalue weighted by molar-refractivity contribution is 6.01. The van der Waals surface area contributed by atoms with E-state index in [1.165, 1.54) is 6.07 Å². The summed E-state index contributed by atoms with van der Waals surface area (Å²) in [5.74, 6) is -0.207. The second kappa shape index (κ2) is 9.27. The zero-order chi connectivity index (χ0) is 21.7. The van der Waals surface area contributed by atoms with E-state index in [2.05, 4.69) is 4.85 Å². The molecule has 0 radical (unpaired) electrons. The molecule has 2 aromatic carbocycles. The summed E-state index contributed by atoms with van der Waals surface area (Å²) >= 11 is 0. The lowest BCUT2D eigenvalue weighted by Crippen LogP contribution is -2.12. The molecule has 0 aliphatic heterocycles. The molecule has 0 saturated heterocycles. The van der Waals surface area contributed by atoms with Crippen LogP contribution >= 0.6 is 0 Å². The third-order valence-electron chi connectivity index (χ3n) is 4.90. The number of hydrogen-bond acceptors (Lipinski definition) is 3. The molecule has 5 nitrogen and oxygen atoms in total. The van der Waals surface area contributed by atoms with Gasteiger partial charge in [-0.1, -0.05) is 37.3 Å². The first kappa shape index (κ1) is 21.1. The summed E-state index contributed by atoms with van der Waals surface area (Å²) in [5.41, 5.74) is 3.34. The topological polar surface area (TPSA) is 44.8 Å². The molecule has 6 heteroatoms. The average molecular weight is 406 g/mol. The Kier molecular flexibility index (Phi) is 6.53. The molecular formula is C24H23FN2O3. The number of carbonyl (C=O) groups is 1. The number of aromatic nitrogens is 1. The van der Waals surface area contributed by atoms with Crippen molar-refractivity contribution in [3.63, 3.8) is 0 Å². The standard InChI is InChI=1S/C24H23FN2O3/c1-5-20-22(26-3)21(23(27(20)4)24(28)29-6-2)16-11-13-18(14-12-16)30-15-17-9-7-8-10-19(17)25/h7-14H,5-6,15H2,1-2,4H3. The first-order valence-corrected chi connectivity index (χ1v) is 9.74. The smallest absolute Gasteiger partial charge is 0.354 e. The van der Waals surface area contributed by atoms with Crippen LogP contribution in [-0.4, -0.2) is 17.1 Å². The van der Waals surface area contributed by atoms with Gasteiger partial charge < -0.3 is 14.0 Å². The van der Waals surface area contributed by atoms with Crippen LogP contribution in [0.25, 0.3) is 16.0 Å². The number of benzene rings is 2. The van der Waals surface area contributed by atoms with Crippen molar-refractivity contribution in [2.75, 3.05) is 6.61 Å². The fraction of sp³-hybridized carbons (Fsp3) is 0.250. The molecule has 0 N–H and O–H groups in total. The normalized spacial score (nSPS) is 10.5. The maximum absolute atomic E-state index is 13.8. The summed E-state index contributed by atoms with van der Waals surface area (Å²) in [5, 5.41) is 0. The average Bonchev–Trinajstić information content (AvgIpc) is 3.05. The first-order valence-electron chi connectivity index (χ1n) is 9.74. The van der Waals surface area contributed by atoms with E-state index in [0.717, 1.165) is 11.3 Å². The van der Waals surface area contributed by atoms with Gasteiger partial charge in [-0.05, 0) is 37.1 Å². The maximum atomic E-state index is 13.8. The molecule has 0 atom stereocenters. The van der Waals surface area contributed by atoms with E-state index < -0.39 is 5.97 Å². The summed E-state index contributed by atoms with van der Waals surface area (Å²) in [4.78, 5) is 16.3. The number of carbonyl (C=O) groups excluding carboxylic acids is 1. The maximum Gasteiger partial charge on any atom is 0.354 e. The van der Waals surface area contributed by atoms with Crippen molar-refractivity contribution in [3.8, 4) is 16.9 Å². The molecular weight excluding hydrogens is 383 g/mol. The third-order valence-corrected chi connectivity index (χ3v) is 4.90. The van der Waals surface area contributed by atoms with Crippen molar-refractivity contribution in [3.05, 3.63) is 82.7 Å². The molecule has 0 spiro atoms. The molecule has 0 bridgehead atoms. The Morgan fingerprint density at radius 2 is 1.83 bits per heavy atom. The van der Waals surface area contributed by atoms with Crippen molar-refractivity contribution in [1.82, 2.24) is 4.57 Å². The van der Waals surface area contributed by atoms with Crippen molar-refractivity contribution in [1.29, 1.82) is 0 Å². The van der Waals surface area contributed by atoms with Gasteiger partial charge in [-0.25, -0.2) is 14.0 Å². The van der Waals surface area contributed by atoms with Crippen LogP contribution in [0.15, 0.2) is 48.5 Å². The fourth-order valence-electron chi connectivity index (χ4n) is 3.45. The van der Waals surface area contributed by atoms with E-state index in [4.69, 9.17) is 16.0 Å². The lowest BCUT2D eigenvalue weighted by molar-refractivity contribution is 0.0516. The molecule has 3 rings (SSSR count). The van der Waals surface area contributed by atoms with Gasteiger partial charge in [0.1, 0.15) is 23.9 Å². The Labute approximate surface area is 175 Å². The Balaban J connectivity index is 1.95. The minimum Gasteiger partial charge on any atom is -0.489 e. The van der Waals surface area contributed by atoms with E-state index in [1.54, 1.807) is 61.0 Å². The highest BCUT2D eigenvalue weighted by Gasteiger charge is 2.26. The second-order valence-corrected chi connectivity index (χ2v) is 6.67. The predicted molar refractivity (Wildman–Crippen MR) is 113 cm³/mol. The Bertz CT molecular complexity index is 1090. The molecule has 1 aromatic heterocycles. The fourth-order valence-corrected chi connectivity index (χ4v) is 3.45. The second-order valence-electron chi connectivity index (χ2n) is 6.67. The van der Waals surface area contributed by atoms with E-state index in [-0.39, 0.29) is 19.0 Å². The minimum absolute atomic E-state index is 0.110. The lowest BCUT2D eigenvalue weighted by Gasteiger charge is -2.10. The van der Waals surface area contributed by atoms with E-state index >= 15 is 0 Å². The number of hydrogen-bond donors (Lipinski definition) is 0. The number of ether oxygens (including phenoxy) is 2. The van der Waals surface area contributed by atoms with Gasteiger partial charge in [0.25, 0.3) is 0 Å². The van der Waals surface area contributed by atoms with E-state index in [1.807, 2.05) is 6.92 Å². The van der Waals surface area contributed by atoms with Crippen LogP contribution in [0.2, 0.25) is 0 Å². The van der Waals surface area contributed by atoms with Gasteiger partial charge in [-0.2, -0.15) is 0 Å². The van der Waals surface area contributed by atoms with Crippen molar-refractivity contribution < 1.29 is 18.7 Å². The zero-order valence-corrected chi connectivity index (χ0v) is 17.2. The molecule has 0 saturated carbocycles. The van der Waals surface area contributed by atoms with Crippen LogP contribution < -0.4 is 4.74 Å². The van der Waals surface area contributed by atoms with Crippen LogP contribution in [0.4, 0.5) is 10.1 Å². The van der Waals surface area contributed by atoms with Crippen LogP contribution in [0.3, 0.4) is 0 Å². The molecule has 0 aliphatic carbocycles. The highest BCUT2D eigenvalue weighted by atomic mass is 19.1. The largest absolute Gasteiger partial charge is 0.489 e. The monoisotopic (exact) mass is 406 g/mol. The number of esters is 1. The Morgan fingerprint density at radius 3 is 2.43 bits per heavy atom. The molecule has 0 aliphatic rings. The van der Waals surface area contributed by atoms with E-state index in [0.29, 0.717) is 34.7 Å². The van der Waals surface area contributed by atoms with Gasteiger partial charge in [0.2, 0.25) is 5.69 Å². The summed E-state index contributed by atoms with van der Waals surface area (Å²) in [6.45, 7) is 11.7. The molecule has 3 aromatic rings. The van der Waals surface area contributed by atoms with Crippen LogP contribution in [0, 0.1) is 12.4 Å². The highest BCUT2D eigenvalue weighted by Crippen LogP contribution is 2.40.